The highest BCUT2D eigenvalue weighted by atomic mass is 35.5. The molecule has 0 saturated carbocycles. The van der Waals surface area contributed by atoms with Crippen LogP contribution in [0.2, 0.25) is 0 Å². The number of rotatable bonds is 5. The molecule has 1 heterocycles. The van der Waals surface area contributed by atoms with Gasteiger partial charge in [-0.15, -0.1) is 11.6 Å². The summed E-state index contributed by atoms with van der Waals surface area (Å²) in [4.78, 5) is 3.89. The molecule has 0 atom stereocenters. The number of hydrogen-bond donors (Lipinski definition) is 1. The summed E-state index contributed by atoms with van der Waals surface area (Å²) in [5.74, 6) is 0.370. The molecule has 6 heteroatoms. The highest BCUT2D eigenvalue weighted by Gasteiger charge is 2.11. The minimum atomic E-state index is -3.45. The van der Waals surface area contributed by atoms with E-state index >= 15 is 0 Å². The van der Waals surface area contributed by atoms with Crippen LogP contribution in [0, 0.1) is 0 Å². The molecule has 0 unspecified atom stereocenters. The lowest BCUT2D eigenvalue weighted by atomic mass is 10.5. The van der Waals surface area contributed by atoms with Crippen molar-refractivity contribution >= 4 is 21.6 Å². The van der Waals surface area contributed by atoms with Gasteiger partial charge >= 0.3 is 0 Å². The lowest BCUT2D eigenvalue weighted by molar-refractivity contribution is 0.585. The molecule has 0 amide bonds. The summed E-state index contributed by atoms with van der Waals surface area (Å²) in [6.07, 6.45) is 6.15. The fourth-order valence-electron chi connectivity index (χ4n) is 0.894. The SMILES string of the molecule is O=S(=O)(NC/C=C/CCl)c1cccnc1. The van der Waals surface area contributed by atoms with Gasteiger partial charge in [-0.1, -0.05) is 12.2 Å². The van der Waals surface area contributed by atoms with Crippen LogP contribution in [0.3, 0.4) is 0 Å². The van der Waals surface area contributed by atoms with Gasteiger partial charge in [0.2, 0.25) is 10.0 Å². The van der Waals surface area contributed by atoms with E-state index in [9.17, 15) is 8.42 Å². The molecule has 0 aliphatic rings. The second kappa shape index (κ2) is 5.85. The molecule has 0 radical (unpaired) electrons. The standard InChI is InChI=1S/C9H11ClN2O2S/c10-5-1-2-7-12-15(13,14)9-4-3-6-11-8-9/h1-4,6,8,12H,5,7H2/b2-1+. The Morgan fingerprint density at radius 2 is 2.27 bits per heavy atom. The van der Waals surface area contributed by atoms with Gasteiger partial charge in [0.25, 0.3) is 0 Å². The van der Waals surface area contributed by atoms with Gasteiger partial charge in [-0.25, -0.2) is 13.1 Å². The number of nitrogens with one attached hydrogen (secondary N) is 1. The Labute approximate surface area is 94.0 Å². The van der Waals surface area contributed by atoms with Gasteiger partial charge in [-0.3, -0.25) is 4.98 Å². The van der Waals surface area contributed by atoms with Gasteiger partial charge in [0, 0.05) is 24.8 Å². The quantitative estimate of drug-likeness (QED) is 0.627. The minimum absolute atomic E-state index is 0.157. The largest absolute Gasteiger partial charge is 0.263 e. The van der Waals surface area contributed by atoms with E-state index in [2.05, 4.69) is 9.71 Å². The Morgan fingerprint density at radius 3 is 2.87 bits per heavy atom. The lowest BCUT2D eigenvalue weighted by Crippen LogP contribution is -2.23. The van der Waals surface area contributed by atoms with E-state index in [-0.39, 0.29) is 11.4 Å². The van der Waals surface area contributed by atoms with Crippen molar-refractivity contribution in [1.29, 1.82) is 0 Å². The number of sulfonamides is 1. The van der Waals surface area contributed by atoms with Crippen LogP contribution in [0.25, 0.3) is 0 Å². The molecule has 1 aromatic rings. The summed E-state index contributed by atoms with van der Waals surface area (Å²) < 4.78 is 25.6. The first kappa shape index (κ1) is 12.2. The van der Waals surface area contributed by atoms with Crippen LogP contribution in [-0.2, 0) is 10.0 Å². The summed E-state index contributed by atoms with van der Waals surface area (Å²) in [5, 5.41) is 0. The first-order valence-corrected chi connectivity index (χ1v) is 6.29. The average molecular weight is 247 g/mol. The van der Waals surface area contributed by atoms with Crippen LogP contribution in [0.1, 0.15) is 0 Å². The smallest absolute Gasteiger partial charge is 0.242 e. The minimum Gasteiger partial charge on any atom is -0.263 e. The van der Waals surface area contributed by atoms with Crippen molar-refractivity contribution in [2.75, 3.05) is 12.4 Å². The van der Waals surface area contributed by atoms with Gasteiger partial charge in [-0.2, -0.15) is 0 Å². The third-order valence-electron chi connectivity index (χ3n) is 1.59. The van der Waals surface area contributed by atoms with E-state index in [0.717, 1.165) is 0 Å². The maximum atomic E-state index is 11.6. The van der Waals surface area contributed by atoms with Crippen molar-refractivity contribution in [1.82, 2.24) is 9.71 Å². The van der Waals surface area contributed by atoms with Gasteiger partial charge in [0.1, 0.15) is 4.90 Å². The van der Waals surface area contributed by atoms with Gasteiger partial charge in [0.15, 0.2) is 0 Å². The van der Waals surface area contributed by atoms with Gasteiger partial charge in [-0.05, 0) is 12.1 Å². The summed E-state index contributed by atoms with van der Waals surface area (Å²) in [5.41, 5.74) is 0. The molecule has 15 heavy (non-hydrogen) atoms. The first-order valence-electron chi connectivity index (χ1n) is 4.27. The predicted octanol–water partition coefficient (Wildman–Crippen LogP) is 1.15. The van der Waals surface area contributed by atoms with Crippen molar-refractivity contribution in [3.8, 4) is 0 Å². The zero-order valence-electron chi connectivity index (χ0n) is 7.93. The Balaban J connectivity index is 2.65. The van der Waals surface area contributed by atoms with Crippen molar-refractivity contribution in [2.45, 2.75) is 4.90 Å². The molecule has 0 bridgehead atoms. The summed E-state index contributed by atoms with van der Waals surface area (Å²) in [7, 11) is -3.45. The van der Waals surface area contributed by atoms with Crippen molar-refractivity contribution in [3.05, 3.63) is 36.7 Å². The van der Waals surface area contributed by atoms with Crippen LogP contribution in [0.5, 0.6) is 0 Å². The number of hydrogen-bond acceptors (Lipinski definition) is 3. The lowest BCUT2D eigenvalue weighted by Gasteiger charge is -2.02. The molecule has 0 aliphatic carbocycles. The molecule has 0 fully saturated rings. The normalized spacial score (nSPS) is 12.1. The molecule has 0 aliphatic heterocycles. The second-order valence-electron chi connectivity index (χ2n) is 2.67. The predicted molar refractivity (Wildman–Crippen MR) is 59.3 cm³/mol. The van der Waals surface area contributed by atoms with Crippen LogP contribution in [0.15, 0.2) is 41.6 Å². The average Bonchev–Trinajstić information content (AvgIpc) is 2.26. The van der Waals surface area contributed by atoms with E-state index in [1.54, 1.807) is 18.2 Å². The van der Waals surface area contributed by atoms with Gasteiger partial charge in [0.05, 0.1) is 0 Å². The number of allylic oxidation sites excluding steroid dienone is 1. The van der Waals surface area contributed by atoms with Crippen molar-refractivity contribution < 1.29 is 8.42 Å². The van der Waals surface area contributed by atoms with E-state index < -0.39 is 10.0 Å². The molecule has 82 valence electrons. The number of nitrogens with zero attached hydrogens (tertiary/aromatic N) is 1. The highest BCUT2D eigenvalue weighted by molar-refractivity contribution is 7.89. The molecule has 0 spiro atoms. The van der Waals surface area contributed by atoms with Crippen LogP contribution in [0.4, 0.5) is 0 Å². The number of halogens is 1. The Hall–Kier alpha value is -0.910. The fourth-order valence-corrected chi connectivity index (χ4v) is 1.96. The van der Waals surface area contributed by atoms with E-state index in [4.69, 9.17) is 11.6 Å². The van der Waals surface area contributed by atoms with Crippen LogP contribution < -0.4 is 4.72 Å². The van der Waals surface area contributed by atoms with E-state index in [1.165, 1.54) is 18.5 Å². The van der Waals surface area contributed by atoms with Gasteiger partial charge < -0.3 is 0 Å². The van der Waals surface area contributed by atoms with Crippen LogP contribution >= 0.6 is 11.6 Å². The Kier molecular flexibility index (Phi) is 4.74. The molecular formula is C9H11ClN2O2S. The zero-order chi connectivity index (χ0) is 11.1. The highest BCUT2D eigenvalue weighted by Crippen LogP contribution is 2.04. The monoisotopic (exact) mass is 246 g/mol. The zero-order valence-corrected chi connectivity index (χ0v) is 9.50. The summed E-state index contributed by atoms with van der Waals surface area (Å²) in [6, 6.07) is 3.06. The van der Waals surface area contributed by atoms with E-state index in [1.807, 2.05) is 0 Å². The molecule has 4 nitrogen and oxygen atoms in total. The van der Waals surface area contributed by atoms with Crippen molar-refractivity contribution in [2.24, 2.45) is 0 Å². The fraction of sp³-hybridized carbons (Fsp3) is 0.222. The first-order chi connectivity index (χ1) is 7.17. The molecule has 0 aromatic carbocycles. The summed E-state index contributed by atoms with van der Waals surface area (Å²) >= 11 is 5.39. The Bertz CT molecular complexity index is 417. The van der Waals surface area contributed by atoms with Crippen LogP contribution in [-0.4, -0.2) is 25.8 Å². The Morgan fingerprint density at radius 1 is 1.47 bits per heavy atom. The maximum absolute atomic E-state index is 11.6. The summed E-state index contributed by atoms with van der Waals surface area (Å²) in [6.45, 7) is 0.226. The molecular weight excluding hydrogens is 236 g/mol. The molecule has 0 saturated heterocycles. The third-order valence-corrected chi connectivity index (χ3v) is 3.18. The van der Waals surface area contributed by atoms with E-state index in [0.29, 0.717) is 5.88 Å². The molecule has 1 N–H and O–H groups in total. The van der Waals surface area contributed by atoms with Crippen molar-refractivity contribution in [3.63, 3.8) is 0 Å². The molecule has 1 aromatic heterocycles. The maximum Gasteiger partial charge on any atom is 0.242 e. The second-order valence-corrected chi connectivity index (χ2v) is 4.74. The number of aromatic nitrogens is 1. The molecule has 1 rings (SSSR count). The number of alkyl halides is 1. The third kappa shape index (κ3) is 3.99. The number of pyridine rings is 1. The topological polar surface area (TPSA) is 59.1 Å².